The molecule has 0 aliphatic heterocycles. The first-order chi connectivity index (χ1) is 10.7. The third kappa shape index (κ3) is 3.06. The standard InChI is InChI=1S/C16H17ClN4S/c1-21(2)14(11-5-3-4-6-13(11)17)9-18-15-12-7-8-22-16(12)20-10-19-15/h3-8,10,14H,9H2,1-2H3,(H,18,19,20)/t14-/m1/s1. The van der Waals surface area contributed by atoms with Gasteiger partial charge in [0.25, 0.3) is 0 Å². The van der Waals surface area contributed by atoms with E-state index in [0.717, 1.165) is 33.2 Å². The van der Waals surface area contributed by atoms with E-state index in [-0.39, 0.29) is 6.04 Å². The number of aromatic nitrogens is 2. The zero-order chi connectivity index (χ0) is 15.5. The molecular weight excluding hydrogens is 316 g/mol. The first kappa shape index (κ1) is 15.2. The van der Waals surface area contributed by atoms with Crippen LogP contribution in [-0.2, 0) is 0 Å². The van der Waals surface area contributed by atoms with E-state index in [4.69, 9.17) is 11.6 Å². The highest BCUT2D eigenvalue weighted by Gasteiger charge is 2.17. The van der Waals surface area contributed by atoms with Crippen molar-refractivity contribution in [2.24, 2.45) is 0 Å². The Morgan fingerprint density at radius 3 is 2.82 bits per heavy atom. The molecule has 0 aliphatic rings. The molecule has 1 N–H and O–H groups in total. The number of hydrogen-bond donors (Lipinski definition) is 1. The summed E-state index contributed by atoms with van der Waals surface area (Å²) >= 11 is 7.96. The Bertz CT molecular complexity index is 771. The monoisotopic (exact) mass is 332 g/mol. The summed E-state index contributed by atoms with van der Waals surface area (Å²) in [5, 5.41) is 7.31. The molecule has 2 aromatic heterocycles. The molecule has 1 aromatic carbocycles. The predicted molar refractivity (Wildman–Crippen MR) is 93.8 cm³/mol. The lowest BCUT2D eigenvalue weighted by Gasteiger charge is -2.26. The van der Waals surface area contributed by atoms with E-state index >= 15 is 0 Å². The van der Waals surface area contributed by atoms with Crippen LogP contribution in [0, 0.1) is 0 Å². The second kappa shape index (κ2) is 6.60. The zero-order valence-electron chi connectivity index (χ0n) is 12.5. The van der Waals surface area contributed by atoms with Crippen LogP contribution in [-0.4, -0.2) is 35.5 Å². The molecule has 0 fully saturated rings. The van der Waals surface area contributed by atoms with Crippen molar-refractivity contribution in [1.29, 1.82) is 0 Å². The van der Waals surface area contributed by atoms with Crippen molar-refractivity contribution < 1.29 is 0 Å². The molecule has 0 bridgehead atoms. The van der Waals surface area contributed by atoms with Gasteiger partial charge in [-0.05, 0) is 37.2 Å². The fraction of sp³-hybridized carbons (Fsp3) is 0.250. The van der Waals surface area contributed by atoms with Crippen LogP contribution in [0.1, 0.15) is 11.6 Å². The van der Waals surface area contributed by atoms with Gasteiger partial charge in [0.05, 0.1) is 11.4 Å². The maximum atomic E-state index is 6.34. The Balaban J connectivity index is 1.84. The molecule has 0 spiro atoms. The molecule has 4 nitrogen and oxygen atoms in total. The van der Waals surface area contributed by atoms with Crippen LogP contribution in [0.5, 0.6) is 0 Å². The largest absolute Gasteiger partial charge is 0.368 e. The van der Waals surface area contributed by atoms with Gasteiger partial charge in [-0.25, -0.2) is 9.97 Å². The first-order valence-electron chi connectivity index (χ1n) is 6.99. The molecule has 3 aromatic rings. The summed E-state index contributed by atoms with van der Waals surface area (Å²) in [6.07, 6.45) is 1.60. The van der Waals surface area contributed by atoms with E-state index in [0.29, 0.717) is 0 Å². The summed E-state index contributed by atoms with van der Waals surface area (Å²) in [5.41, 5.74) is 1.11. The van der Waals surface area contributed by atoms with E-state index in [1.54, 1.807) is 17.7 Å². The molecule has 6 heteroatoms. The Morgan fingerprint density at radius 2 is 2.05 bits per heavy atom. The fourth-order valence-electron chi connectivity index (χ4n) is 2.44. The van der Waals surface area contributed by atoms with Crippen molar-refractivity contribution in [2.75, 3.05) is 26.0 Å². The van der Waals surface area contributed by atoms with E-state index in [1.807, 2.05) is 29.6 Å². The molecule has 0 aliphatic carbocycles. The van der Waals surface area contributed by atoms with Gasteiger partial charge in [0.15, 0.2) is 0 Å². The number of halogens is 1. The smallest absolute Gasteiger partial charge is 0.138 e. The summed E-state index contributed by atoms with van der Waals surface area (Å²) in [7, 11) is 4.10. The van der Waals surface area contributed by atoms with Crippen LogP contribution < -0.4 is 5.32 Å². The second-order valence-electron chi connectivity index (χ2n) is 5.24. The third-order valence-electron chi connectivity index (χ3n) is 3.61. The Labute approximate surface area is 138 Å². The molecule has 0 unspecified atom stereocenters. The van der Waals surface area contributed by atoms with Gasteiger partial charge in [0, 0.05) is 11.6 Å². The van der Waals surface area contributed by atoms with Crippen LogP contribution >= 0.6 is 22.9 Å². The molecule has 0 saturated heterocycles. The molecule has 22 heavy (non-hydrogen) atoms. The van der Waals surface area contributed by atoms with Gasteiger partial charge in [-0.1, -0.05) is 29.8 Å². The van der Waals surface area contributed by atoms with Gasteiger partial charge in [0.1, 0.15) is 17.0 Å². The number of benzene rings is 1. The van der Waals surface area contributed by atoms with Crippen LogP contribution in [0.2, 0.25) is 5.02 Å². The highest BCUT2D eigenvalue weighted by atomic mass is 35.5. The topological polar surface area (TPSA) is 41.0 Å². The van der Waals surface area contributed by atoms with Crippen molar-refractivity contribution in [3.05, 3.63) is 52.6 Å². The SMILES string of the molecule is CN(C)[C@H](CNc1ncnc2sccc12)c1ccccc1Cl. The highest BCUT2D eigenvalue weighted by Crippen LogP contribution is 2.28. The quantitative estimate of drug-likeness (QED) is 0.765. The summed E-state index contributed by atoms with van der Waals surface area (Å²) in [5.74, 6) is 0.866. The van der Waals surface area contributed by atoms with Crippen molar-refractivity contribution in [1.82, 2.24) is 14.9 Å². The minimum atomic E-state index is 0.164. The summed E-state index contributed by atoms with van der Waals surface area (Å²) in [6, 6.07) is 10.2. The van der Waals surface area contributed by atoms with Gasteiger partial charge in [-0.2, -0.15) is 0 Å². The Morgan fingerprint density at radius 1 is 1.23 bits per heavy atom. The molecule has 0 radical (unpaired) electrons. The number of anilines is 1. The number of rotatable bonds is 5. The molecule has 114 valence electrons. The average molecular weight is 333 g/mol. The lowest BCUT2D eigenvalue weighted by Crippen LogP contribution is -2.27. The molecule has 0 amide bonds. The van der Waals surface area contributed by atoms with Gasteiger partial charge >= 0.3 is 0 Å². The number of likely N-dealkylation sites (N-methyl/N-ethyl adjacent to an activating group) is 1. The van der Waals surface area contributed by atoms with E-state index in [2.05, 4.69) is 40.3 Å². The van der Waals surface area contributed by atoms with Gasteiger partial charge in [-0.15, -0.1) is 11.3 Å². The molecule has 1 atom stereocenters. The van der Waals surface area contributed by atoms with Gasteiger partial charge in [0.2, 0.25) is 0 Å². The third-order valence-corrected chi connectivity index (χ3v) is 4.78. The van der Waals surface area contributed by atoms with Crippen LogP contribution in [0.3, 0.4) is 0 Å². The predicted octanol–water partition coefficient (Wildman–Crippen LogP) is 4.06. The van der Waals surface area contributed by atoms with Crippen LogP contribution in [0.25, 0.3) is 10.2 Å². The van der Waals surface area contributed by atoms with Crippen molar-refractivity contribution in [3.8, 4) is 0 Å². The Hall–Kier alpha value is -1.69. The summed E-state index contributed by atoms with van der Waals surface area (Å²) in [4.78, 5) is 11.8. The Kier molecular flexibility index (Phi) is 4.57. The van der Waals surface area contributed by atoms with Crippen LogP contribution in [0.4, 0.5) is 5.82 Å². The van der Waals surface area contributed by atoms with E-state index < -0.39 is 0 Å². The summed E-state index contributed by atoms with van der Waals surface area (Å²) < 4.78 is 0. The second-order valence-corrected chi connectivity index (χ2v) is 6.55. The number of thiophene rings is 1. The van der Waals surface area contributed by atoms with Crippen LogP contribution in [0.15, 0.2) is 42.0 Å². The normalized spacial score (nSPS) is 12.7. The first-order valence-corrected chi connectivity index (χ1v) is 8.25. The number of fused-ring (bicyclic) bond motifs is 1. The molecule has 2 heterocycles. The van der Waals surface area contributed by atoms with Gasteiger partial charge < -0.3 is 10.2 Å². The summed E-state index contributed by atoms with van der Waals surface area (Å²) in [6.45, 7) is 0.721. The van der Waals surface area contributed by atoms with Crippen molar-refractivity contribution in [3.63, 3.8) is 0 Å². The lowest BCUT2D eigenvalue weighted by molar-refractivity contribution is 0.312. The maximum absolute atomic E-state index is 6.34. The van der Waals surface area contributed by atoms with Gasteiger partial charge in [-0.3, -0.25) is 0 Å². The zero-order valence-corrected chi connectivity index (χ0v) is 14.0. The molecule has 0 saturated carbocycles. The van der Waals surface area contributed by atoms with E-state index in [1.165, 1.54) is 0 Å². The van der Waals surface area contributed by atoms with Crippen molar-refractivity contribution in [2.45, 2.75) is 6.04 Å². The minimum absolute atomic E-state index is 0.164. The number of nitrogens with one attached hydrogen (secondary N) is 1. The lowest BCUT2D eigenvalue weighted by atomic mass is 10.1. The van der Waals surface area contributed by atoms with Crippen molar-refractivity contribution >= 4 is 39.0 Å². The highest BCUT2D eigenvalue weighted by molar-refractivity contribution is 7.16. The maximum Gasteiger partial charge on any atom is 0.138 e. The fourth-order valence-corrected chi connectivity index (χ4v) is 3.43. The average Bonchev–Trinajstić information content (AvgIpc) is 2.98. The molecular formula is C16H17ClN4S. The van der Waals surface area contributed by atoms with E-state index in [9.17, 15) is 0 Å². The minimum Gasteiger partial charge on any atom is -0.368 e. The number of hydrogen-bond acceptors (Lipinski definition) is 5. The number of nitrogens with zero attached hydrogens (tertiary/aromatic N) is 3. The molecule has 3 rings (SSSR count).